The fourth-order valence-corrected chi connectivity index (χ4v) is 3.12. The molecule has 0 fully saturated rings. The van der Waals surface area contributed by atoms with Crippen LogP contribution in [0.25, 0.3) is 0 Å². The van der Waals surface area contributed by atoms with Crippen LogP contribution in [0, 0.1) is 0 Å². The molecule has 18 heavy (non-hydrogen) atoms. The minimum Gasteiger partial charge on any atom is -0.536 e. The van der Waals surface area contributed by atoms with E-state index in [-0.39, 0.29) is 30.1 Å². The van der Waals surface area contributed by atoms with E-state index in [9.17, 15) is 0 Å². The van der Waals surface area contributed by atoms with Gasteiger partial charge in [0.15, 0.2) is 0 Å². The Bertz CT molecular complexity index is 325. The van der Waals surface area contributed by atoms with Crippen LogP contribution in [0.1, 0.15) is 41.5 Å². The summed E-state index contributed by atoms with van der Waals surface area (Å²) < 4.78 is 12.2. The first-order valence-electron chi connectivity index (χ1n) is 5.98. The number of benzene rings is 1. The molecule has 0 aliphatic rings. The summed E-state index contributed by atoms with van der Waals surface area (Å²) in [6.45, 7) is 12.4. The third kappa shape index (κ3) is 7.40. The molecule has 0 unspecified atom stereocenters. The van der Waals surface area contributed by atoms with Crippen molar-refractivity contribution >= 4 is 14.5 Å². The first-order valence-corrected chi connectivity index (χ1v) is 7.29. The Morgan fingerprint density at radius 1 is 0.778 bits per heavy atom. The molecule has 0 N–H and O–H groups in total. The van der Waals surface area contributed by atoms with Crippen LogP contribution in [0.3, 0.4) is 0 Å². The maximum absolute atomic E-state index is 6.08. The number of rotatable bonds is 3. The molecule has 1 rings (SSSR count). The molecule has 0 aromatic heterocycles. The number of hydrogen-bond acceptors (Lipinski definition) is 2. The van der Waals surface area contributed by atoms with Crippen molar-refractivity contribution in [1.82, 2.24) is 0 Å². The van der Waals surface area contributed by atoms with Crippen LogP contribution in [0.2, 0.25) is 0 Å². The van der Waals surface area contributed by atoms with Crippen molar-refractivity contribution in [3.8, 4) is 0 Å². The van der Waals surface area contributed by atoms with Crippen molar-refractivity contribution in [2.45, 2.75) is 52.7 Å². The van der Waals surface area contributed by atoms with E-state index < -0.39 is 9.28 Å². The van der Waals surface area contributed by atoms with Crippen LogP contribution in [-0.2, 0) is 8.85 Å². The summed E-state index contributed by atoms with van der Waals surface area (Å²) in [4.78, 5) is 0. The largest absolute Gasteiger partial charge is 1.00 e. The molecule has 0 amide bonds. The van der Waals surface area contributed by atoms with Gasteiger partial charge >= 0.3 is 18.9 Å². The van der Waals surface area contributed by atoms with Crippen LogP contribution in [0.15, 0.2) is 30.3 Å². The van der Waals surface area contributed by atoms with E-state index in [2.05, 4.69) is 53.7 Å². The zero-order valence-electron chi connectivity index (χ0n) is 12.7. The first-order chi connectivity index (χ1) is 7.67. The quantitative estimate of drug-likeness (QED) is 0.712. The third-order valence-corrected chi connectivity index (χ3v) is 4.21. The van der Waals surface area contributed by atoms with Crippen molar-refractivity contribution in [3.63, 3.8) is 0 Å². The molecule has 2 nitrogen and oxygen atoms in total. The van der Waals surface area contributed by atoms with Crippen LogP contribution in [0.4, 0.5) is 0 Å². The normalized spacial score (nSPS) is 11.9. The molecular weight excluding hydrogens is 235 g/mol. The van der Waals surface area contributed by atoms with E-state index in [1.165, 1.54) is 0 Å². The Hall–Kier alpha value is -0.0457. The number of hydrogen-bond donors (Lipinski definition) is 0. The molecule has 0 bridgehead atoms. The van der Waals surface area contributed by atoms with Gasteiger partial charge < -0.3 is 8.85 Å². The van der Waals surface area contributed by atoms with E-state index >= 15 is 0 Å². The van der Waals surface area contributed by atoms with Crippen LogP contribution < -0.4 is 24.0 Å². The van der Waals surface area contributed by atoms with E-state index in [1.807, 2.05) is 18.2 Å². The van der Waals surface area contributed by atoms with Gasteiger partial charge in [-0.3, -0.25) is 0 Å². The van der Waals surface area contributed by atoms with Crippen LogP contribution >= 0.6 is 0 Å². The zero-order valence-corrected chi connectivity index (χ0v) is 13.7. The zero-order chi connectivity index (χ0) is 13.1. The molecule has 96 valence electrons. The summed E-state index contributed by atoms with van der Waals surface area (Å²) in [6, 6.07) is 10.2. The predicted octanol–water partition coefficient (Wildman–Crippen LogP) is 0.0160. The maximum atomic E-state index is 6.08. The molecule has 4 heteroatoms. The van der Waals surface area contributed by atoms with Gasteiger partial charge in [-0.05, 0) is 41.5 Å². The predicted molar refractivity (Wildman–Crippen MR) is 73.5 cm³/mol. The second kappa shape index (κ2) is 6.93. The standard InChI is InChI=1S/C14H23O2Si.Li/c1-13(2,3)15-17(16-14(4,5)6)12-10-8-7-9-11-12;/h7-11H,1-6H3;/q-1;+1. The SMILES string of the molecule is CC(C)(C)O[Si-](OC(C)(C)C)c1ccccc1.[Li+]. The van der Waals surface area contributed by atoms with Crippen molar-refractivity contribution < 1.29 is 27.7 Å². The van der Waals surface area contributed by atoms with Gasteiger partial charge in [0.05, 0.1) is 0 Å². The Kier molecular flexibility index (Phi) is 6.91. The summed E-state index contributed by atoms with van der Waals surface area (Å²) in [7, 11) is -1.44. The molecule has 0 aliphatic carbocycles. The average molecular weight is 258 g/mol. The third-order valence-electron chi connectivity index (χ3n) is 1.81. The molecule has 0 atom stereocenters. The van der Waals surface area contributed by atoms with Gasteiger partial charge in [0.2, 0.25) is 0 Å². The summed E-state index contributed by atoms with van der Waals surface area (Å²) >= 11 is 0. The van der Waals surface area contributed by atoms with Crippen LogP contribution in [0.5, 0.6) is 0 Å². The smallest absolute Gasteiger partial charge is 0.536 e. The second-order valence-corrected chi connectivity index (χ2v) is 7.64. The minimum atomic E-state index is -1.44. The Labute approximate surface area is 125 Å². The molecule has 0 spiro atoms. The fraction of sp³-hybridized carbons (Fsp3) is 0.571. The molecule has 0 heterocycles. The molecule has 0 saturated heterocycles. The molecule has 0 radical (unpaired) electrons. The maximum Gasteiger partial charge on any atom is 1.00 e. The topological polar surface area (TPSA) is 18.5 Å². The van der Waals surface area contributed by atoms with Gasteiger partial charge in [-0.15, -0.1) is 5.19 Å². The van der Waals surface area contributed by atoms with Gasteiger partial charge in [0, 0.05) is 20.5 Å². The van der Waals surface area contributed by atoms with Gasteiger partial charge in [-0.2, -0.15) is 0 Å². The molecular formula is C14H23LiO2Si. The average Bonchev–Trinajstić information content (AvgIpc) is 2.14. The molecule has 1 aromatic carbocycles. The summed E-state index contributed by atoms with van der Waals surface area (Å²) in [5.41, 5.74) is -0.370. The monoisotopic (exact) mass is 258 g/mol. The van der Waals surface area contributed by atoms with E-state index in [1.54, 1.807) is 0 Å². The Balaban J connectivity index is 0.00000289. The van der Waals surface area contributed by atoms with Crippen molar-refractivity contribution in [1.29, 1.82) is 0 Å². The van der Waals surface area contributed by atoms with Crippen LogP contribution in [-0.4, -0.2) is 20.5 Å². The molecule has 0 saturated carbocycles. The molecule has 0 aliphatic heterocycles. The van der Waals surface area contributed by atoms with Crippen molar-refractivity contribution in [2.24, 2.45) is 0 Å². The van der Waals surface area contributed by atoms with Gasteiger partial charge in [0.1, 0.15) is 0 Å². The summed E-state index contributed by atoms with van der Waals surface area (Å²) in [5.74, 6) is 0. The summed E-state index contributed by atoms with van der Waals surface area (Å²) in [5, 5.41) is 1.15. The van der Waals surface area contributed by atoms with Gasteiger partial charge in [0.25, 0.3) is 0 Å². The van der Waals surface area contributed by atoms with Gasteiger partial charge in [-0.25, -0.2) is 0 Å². The summed E-state index contributed by atoms with van der Waals surface area (Å²) in [6.07, 6.45) is 0. The van der Waals surface area contributed by atoms with Crippen molar-refractivity contribution in [2.75, 3.05) is 0 Å². The molecule has 1 aromatic rings. The van der Waals surface area contributed by atoms with E-state index in [0.29, 0.717) is 0 Å². The minimum absolute atomic E-state index is 0. The van der Waals surface area contributed by atoms with E-state index in [0.717, 1.165) is 5.19 Å². The van der Waals surface area contributed by atoms with E-state index in [4.69, 9.17) is 8.85 Å². The Morgan fingerprint density at radius 2 is 1.17 bits per heavy atom. The Morgan fingerprint density at radius 3 is 1.50 bits per heavy atom. The van der Waals surface area contributed by atoms with Gasteiger partial charge in [-0.1, -0.05) is 30.3 Å². The second-order valence-electron chi connectivity index (χ2n) is 6.08. The fourth-order valence-electron chi connectivity index (χ4n) is 1.27. The first kappa shape index (κ1) is 18.0. The van der Waals surface area contributed by atoms with Crippen molar-refractivity contribution in [3.05, 3.63) is 30.3 Å².